The number of nitrogens with one attached hydrogen (secondary N) is 1. The lowest BCUT2D eigenvalue weighted by atomic mass is 9.96. The molecule has 0 amide bonds. The van der Waals surface area contributed by atoms with Crippen molar-refractivity contribution in [1.29, 1.82) is 0 Å². The Hall–Kier alpha value is -1.42. The van der Waals surface area contributed by atoms with Gasteiger partial charge in [0.25, 0.3) is 0 Å². The van der Waals surface area contributed by atoms with E-state index in [1.807, 2.05) is 0 Å². The Morgan fingerprint density at radius 1 is 1.26 bits per heavy atom. The molecule has 19 heavy (non-hydrogen) atoms. The summed E-state index contributed by atoms with van der Waals surface area (Å²) >= 11 is 1.78. The van der Waals surface area contributed by atoms with Crippen molar-refractivity contribution in [2.45, 2.75) is 31.7 Å². The van der Waals surface area contributed by atoms with Crippen molar-refractivity contribution in [2.24, 2.45) is 5.92 Å². The minimum absolute atomic E-state index is 0.328. The summed E-state index contributed by atoms with van der Waals surface area (Å²) in [6, 6.07) is 7.76. The van der Waals surface area contributed by atoms with Gasteiger partial charge in [0.1, 0.15) is 0 Å². The summed E-state index contributed by atoms with van der Waals surface area (Å²) in [6.07, 6.45) is 6.74. The molecule has 1 atom stereocenters. The van der Waals surface area contributed by atoms with Crippen LogP contribution in [0.1, 0.15) is 36.6 Å². The minimum Gasteiger partial charge on any atom is -0.376 e. The first-order valence-corrected chi connectivity index (χ1v) is 7.62. The van der Waals surface area contributed by atoms with Crippen molar-refractivity contribution >= 4 is 17.0 Å². The maximum atomic E-state index is 12.9. The van der Waals surface area contributed by atoms with E-state index in [0.717, 1.165) is 5.69 Å². The van der Waals surface area contributed by atoms with E-state index in [4.69, 9.17) is 0 Å². The Morgan fingerprint density at radius 2 is 2.11 bits per heavy atom. The van der Waals surface area contributed by atoms with Crippen LogP contribution in [0.2, 0.25) is 0 Å². The summed E-state index contributed by atoms with van der Waals surface area (Å²) < 4.78 is 12.9. The minimum atomic E-state index is -0.431. The first kappa shape index (κ1) is 12.6. The van der Waals surface area contributed by atoms with E-state index < -0.39 is 5.95 Å². The summed E-state index contributed by atoms with van der Waals surface area (Å²) in [6.45, 7) is 0. The fourth-order valence-electron chi connectivity index (χ4n) is 2.82. The van der Waals surface area contributed by atoms with Crippen LogP contribution in [-0.4, -0.2) is 4.98 Å². The van der Waals surface area contributed by atoms with Crippen LogP contribution in [0.15, 0.2) is 35.8 Å². The first-order valence-electron chi connectivity index (χ1n) is 6.74. The molecule has 1 aliphatic rings. The number of rotatable bonds is 4. The lowest BCUT2D eigenvalue weighted by Gasteiger charge is -2.24. The number of thiophene rings is 1. The number of aromatic nitrogens is 1. The molecule has 1 saturated carbocycles. The lowest BCUT2D eigenvalue weighted by molar-refractivity contribution is 0.475. The van der Waals surface area contributed by atoms with Gasteiger partial charge in [-0.15, -0.1) is 11.3 Å². The molecule has 2 aromatic heterocycles. The van der Waals surface area contributed by atoms with Crippen LogP contribution in [0, 0.1) is 11.9 Å². The first-order chi connectivity index (χ1) is 9.33. The highest BCUT2D eigenvalue weighted by molar-refractivity contribution is 7.10. The van der Waals surface area contributed by atoms with Gasteiger partial charge in [-0.25, -0.2) is 4.98 Å². The highest BCUT2D eigenvalue weighted by Gasteiger charge is 2.27. The van der Waals surface area contributed by atoms with Crippen LogP contribution in [0.5, 0.6) is 0 Å². The highest BCUT2D eigenvalue weighted by atomic mass is 32.1. The van der Waals surface area contributed by atoms with Crippen molar-refractivity contribution in [2.75, 3.05) is 5.32 Å². The number of nitrogens with zero attached hydrogens (tertiary/aromatic N) is 1. The Balaban J connectivity index is 1.81. The van der Waals surface area contributed by atoms with Crippen LogP contribution >= 0.6 is 11.3 Å². The molecule has 4 heteroatoms. The van der Waals surface area contributed by atoms with E-state index in [-0.39, 0.29) is 0 Å². The largest absolute Gasteiger partial charge is 0.376 e. The summed E-state index contributed by atoms with van der Waals surface area (Å²) in [5.74, 6) is 0.239. The number of anilines is 1. The maximum absolute atomic E-state index is 12.9. The van der Waals surface area contributed by atoms with Gasteiger partial charge in [-0.05, 0) is 42.3 Å². The molecule has 3 rings (SSSR count). The Bertz CT molecular complexity index is 503. The molecule has 2 heterocycles. The molecule has 1 unspecified atom stereocenters. The second-order valence-electron chi connectivity index (χ2n) is 5.05. The molecule has 2 nitrogen and oxygen atoms in total. The van der Waals surface area contributed by atoms with Gasteiger partial charge in [0.2, 0.25) is 5.95 Å². The van der Waals surface area contributed by atoms with Gasteiger partial charge in [-0.1, -0.05) is 18.9 Å². The monoisotopic (exact) mass is 276 g/mol. The molecular formula is C15H17FN2S. The molecule has 1 N–H and O–H groups in total. The average molecular weight is 276 g/mol. The molecule has 1 aliphatic carbocycles. The van der Waals surface area contributed by atoms with Crippen molar-refractivity contribution in [3.8, 4) is 0 Å². The number of hydrogen-bond donors (Lipinski definition) is 1. The molecule has 0 bridgehead atoms. The Labute approximate surface area is 116 Å². The third kappa shape index (κ3) is 2.95. The van der Waals surface area contributed by atoms with Crippen LogP contribution in [0.25, 0.3) is 0 Å². The molecule has 0 aliphatic heterocycles. The second-order valence-corrected chi connectivity index (χ2v) is 6.03. The van der Waals surface area contributed by atoms with Crippen LogP contribution in [0.4, 0.5) is 10.1 Å². The SMILES string of the molecule is Fc1ccc(NC(c2cccs2)C2CCCC2)cn1. The van der Waals surface area contributed by atoms with Crippen LogP contribution in [-0.2, 0) is 0 Å². The standard InChI is InChI=1S/C15H17FN2S/c16-14-8-7-12(10-17-14)18-15(11-4-1-2-5-11)13-6-3-9-19-13/h3,6-11,15,18H,1-2,4-5H2. The van der Waals surface area contributed by atoms with Crippen molar-refractivity contribution < 1.29 is 4.39 Å². The van der Waals surface area contributed by atoms with E-state index in [9.17, 15) is 4.39 Å². The van der Waals surface area contributed by atoms with Gasteiger partial charge in [-0.3, -0.25) is 0 Å². The fraction of sp³-hybridized carbons (Fsp3) is 0.400. The summed E-state index contributed by atoms with van der Waals surface area (Å²) in [5, 5.41) is 5.64. The van der Waals surface area contributed by atoms with Gasteiger partial charge in [-0.2, -0.15) is 4.39 Å². The van der Waals surface area contributed by atoms with Crippen molar-refractivity contribution in [1.82, 2.24) is 4.98 Å². The molecule has 0 spiro atoms. The number of pyridine rings is 1. The zero-order valence-electron chi connectivity index (χ0n) is 10.7. The van der Waals surface area contributed by atoms with Gasteiger partial charge < -0.3 is 5.32 Å². The predicted molar refractivity (Wildman–Crippen MR) is 76.8 cm³/mol. The Morgan fingerprint density at radius 3 is 2.74 bits per heavy atom. The highest BCUT2D eigenvalue weighted by Crippen LogP contribution is 2.39. The molecular weight excluding hydrogens is 259 g/mol. The summed E-state index contributed by atoms with van der Waals surface area (Å²) in [4.78, 5) is 5.07. The Kier molecular flexibility index (Phi) is 3.78. The van der Waals surface area contributed by atoms with Crippen LogP contribution in [0.3, 0.4) is 0 Å². The number of hydrogen-bond acceptors (Lipinski definition) is 3. The van der Waals surface area contributed by atoms with Gasteiger partial charge in [0, 0.05) is 4.88 Å². The smallest absolute Gasteiger partial charge is 0.212 e. The maximum Gasteiger partial charge on any atom is 0.212 e. The van der Waals surface area contributed by atoms with Crippen molar-refractivity contribution in [3.05, 3.63) is 46.7 Å². The molecule has 1 fully saturated rings. The van der Waals surface area contributed by atoms with E-state index >= 15 is 0 Å². The predicted octanol–water partition coefficient (Wildman–Crippen LogP) is 4.63. The van der Waals surface area contributed by atoms with Gasteiger partial charge >= 0.3 is 0 Å². The van der Waals surface area contributed by atoms with Gasteiger partial charge in [0.05, 0.1) is 17.9 Å². The van der Waals surface area contributed by atoms with E-state index in [1.54, 1.807) is 23.6 Å². The van der Waals surface area contributed by atoms with E-state index in [0.29, 0.717) is 12.0 Å². The van der Waals surface area contributed by atoms with Crippen LogP contribution < -0.4 is 5.32 Å². The average Bonchev–Trinajstić information content (AvgIpc) is 3.11. The molecule has 2 aromatic rings. The molecule has 0 aromatic carbocycles. The third-order valence-corrected chi connectivity index (χ3v) is 4.73. The molecule has 0 radical (unpaired) electrons. The molecule has 100 valence electrons. The van der Waals surface area contributed by atoms with Crippen molar-refractivity contribution in [3.63, 3.8) is 0 Å². The lowest BCUT2D eigenvalue weighted by Crippen LogP contribution is -2.18. The van der Waals surface area contributed by atoms with E-state index in [1.165, 1.54) is 36.6 Å². The van der Waals surface area contributed by atoms with E-state index in [2.05, 4.69) is 27.8 Å². The summed E-state index contributed by atoms with van der Waals surface area (Å²) in [7, 11) is 0. The normalized spacial score (nSPS) is 17.5. The summed E-state index contributed by atoms with van der Waals surface area (Å²) in [5.41, 5.74) is 0.895. The zero-order valence-corrected chi connectivity index (χ0v) is 11.5. The topological polar surface area (TPSA) is 24.9 Å². The van der Waals surface area contributed by atoms with Gasteiger partial charge in [0.15, 0.2) is 0 Å². The molecule has 0 saturated heterocycles. The second kappa shape index (κ2) is 5.70. The quantitative estimate of drug-likeness (QED) is 0.824. The zero-order chi connectivity index (χ0) is 13.1. The number of halogens is 1. The third-order valence-electron chi connectivity index (χ3n) is 3.77. The fourth-order valence-corrected chi connectivity index (χ4v) is 3.69.